The lowest BCUT2D eigenvalue weighted by Gasteiger charge is -2.19. The molecule has 0 spiro atoms. The molecule has 0 atom stereocenters. The second kappa shape index (κ2) is 7.50. The van der Waals surface area contributed by atoms with Crippen molar-refractivity contribution in [1.29, 1.82) is 0 Å². The lowest BCUT2D eigenvalue weighted by molar-refractivity contribution is -0.136. The van der Waals surface area contributed by atoms with E-state index in [1.165, 1.54) is 5.56 Å². The van der Waals surface area contributed by atoms with Crippen LogP contribution in [0.3, 0.4) is 0 Å². The van der Waals surface area contributed by atoms with E-state index in [1.807, 2.05) is 12.1 Å². The summed E-state index contributed by atoms with van der Waals surface area (Å²) in [5.74, 6) is -0.479. The number of hydrogen-bond donors (Lipinski definition) is 1. The summed E-state index contributed by atoms with van der Waals surface area (Å²) >= 11 is 0. The number of hydrogen-bond acceptors (Lipinski definition) is 4. The van der Waals surface area contributed by atoms with Gasteiger partial charge in [0, 0.05) is 11.5 Å². The van der Waals surface area contributed by atoms with Crippen molar-refractivity contribution in [3.8, 4) is 5.75 Å². The van der Waals surface area contributed by atoms with Gasteiger partial charge in [0.1, 0.15) is 17.9 Å². The maximum atomic E-state index is 12.1. The number of carboxylic acid groups (broad SMARTS) is 1. The Balaban J connectivity index is 1.81. The number of ether oxygens (including phenoxy) is 1. The minimum absolute atomic E-state index is 0.104. The third-order valence-electron chi connectivity index (χ3n) is 4.81. The number of benzene rings is 2. The Morgan fingerprint density at radius 2 is 1.79 bits per heavy atom. The van der Waals surface area contributed by atoms with Crippen molar-refractivity contribution < 1.29 is 19.1 Å². The Morgan fingerprint density at radius 3 is 2.39 bits per heavy atom. The zero-order valence-electron chi connectivity index (χ0n) is 16.5. The Kier molecular flexibility index (Phi) is 5.27. The average molecular weight is 380 g/mol. The van der Waals surface area contributed by atoms with Gasteiger partial charge in [-0.1, -0.05) is 45.0 Å². The van der Waals surface area contributed by atoms with Crippen molar-refractivity contribution in [2.75, 3.05) is 0 Å². The molecule has 0 fully saturated rings. The van der Waals surface area contributed by atoms with Gasteiger partial charge in [-0.25, -0.2) is 4.79 Å². The van der Waals surface area contributed by atoms with E-state index in [2.05, 4.69) is 32.9 Å². The van der Waals surface area contributed by atoms with Crippen LogP contribution in [0.1, 0.15) is 43.0 Å². The fourth-order valence-corrected chi connectivity index (χ4v) is 3.09. The van der Waals surface area contributed by atoms with Crippen LogP contribution in [0.15, 0.2) is 51.7 Å². The van der Waals surface area contributed by atoms with Gasteiger partial charge >= 0.3 is 11.6 Å². The summed E-state index contributed by atoms with van der Waals surface area (Å²) < 4.78 is 11.2. The molecule has 0 bridgehead atoms. The fraction of sp³-hybridized carbons (Fsp3) is 0.304. The highest BCUT2D eigenvalue weighted by molar-refractivity contribution is 5.83. The zero-order chi connectivity index (χ0) is 20.5. The number of fused-ring (bicyclic) bond motifs is 1. The van der Waals surface area contributed by atoms with Crippen molar-refractivity contribution in [2.45, 2.75) is 46.1 Å². The fourth-order valence-electron chi connectivity index (χ4n) is 3.09. The summed E-state index contributed by atoms with van der Waals surface area (Å²) in [7, 11) is 0. The molecule has 1 aromatic heterocycles. The maximum absolute atomic E-state index is 12.1. The molecule has 0 aliphatic heterocycles. The molecule has 0 aliphatic carbocycles. The Morgan fingerprint density at radius 1 is 1.11 bits per heavy atom. The Hall–Kier alpha value is -3.08. The molecule has 3 aromatic rings. The lowest BCUT2D eigenvalue weighted by atomic mass is 9.87. The van der Waals surface area contributed by atoms with Crippen LogP contribution in [0, 0.1) is 6.92 Å². The van der Waals surface area contributed by atoms with Gasteiger partial charge in [-0.3, -0.25) is 4.79 Å². The van der Waals surface area contributed by atoms with Crippen LogP contribution in [-0.2, 0) is 23.2 Å². The van der Waals surface area contributed by atoms with E-state index in [9.17, 15) is 9.59 Å². The molecule has 3 rings (SSSR count). The molecular weight excluding hydrogens is 356 g/mol. The van der Waals surface area contributed by atoms with E-state index in [1.54, 1.807) is 25.1 Å². The smallest absolute Gasteiger partial charge is 0.340 e. The SMILES string of the molecule is Cc1c(CC(=O)O)c(=O)oc2cc(OCc3ccc(C(C)(C)C)cc3)ccc12. The zero-order valence-corrected chi connectivity index (χ0v) is 16.5. The van der Waals surface area contributed by atoms with E-state index in [-0.39, 0.29) is 17.4 Å². The van der Waals surface area contributed by atoms with E-state index in [0.717, 1.165) is 5.56 Å². The largest absolute Gasteiger partial charge is 0.489 e. The predicted octanol–water partition coefficient (Wildman–Crippen LogP) is 4.61. The highest BCUT2D eigenvalue weighted by Crippen LogP contribution is 2.26. The van der Waals surface area contributed by atoms with Gasteiger partial charge in [-0.15, -0.1) is 0 Å². The van der Waals surface area contributed by atoms with Crippen LogP contribution in [0.5, 0.6) is 5.75 Å². The first-order valence-electron chi connectivity index (χ1n) is 9.15. The van der Waals surface area contributed by atoms with Crippen LogP contribution >= 0.6 is 0 Å². The second-order valence-corrected chi connectivity index (χ2v) is 7.96. The van der Waals surface area contributed by atoms with Gasteiger partial charge in [0.2, 0.25) is 0 Å². The molecule has 0 saturated carbocycles. The van der Waals surface area contributed by atoms with Gasteiger partial charge in [0.05, 0.1) is 12.0 Å². The van der Waals surface area contributed by atoms with Crippen molar-refractivity contribution in [1.82, 2.24) is 0 Å². The van der Waals surface area contributed by atoms with Crippen LogP contribution in [0.2, 0.25) is 0 Å². The first-order valence-corrected chi connectivity index (χ1v) is 9.15. The minimum atomic E-state index is -1.06. The van der Waals surface area contributed by atoms with E-state index >= 15 is 0 Å². The molecule has 1 heterocycles. The van der Waals surface area contributed by atoms with Crippen molar-refractivity contribution in [3.63, 3.8) is 0 Å². The first kappa shape index (κ1) is 19.7. The number of carbonyl (C=O) groups is 1. The summed E-state index contributed by atoms with van der Waals surface area (Å²) in [5, 5.41) is 9.68. The number of carboxylic acids is 1. The summed E-state index contributed by atoms with van der Waals surface area (Å²) in [6.45, 7) is 8.65. The summed E-state index contributed by atoms with van der Waals surface area (Å²) in [6.07, 6.45) is -0.354. The molecule has 0 saturated heterocycles. The monoisotopic (exact) mass is 380 g/mol. The molecule has 2 aromatic carbocycles. The van der Waals surface area contributed by atoms with Crippen LogP contribution in [-0.4, -0.2) is 11.1 Å². The minimum Gasteiger partial charge on any atom is -0.489 e. The van der Waals surface area contributed by atoms with E-state index < -0.39 is 11.6 Å². The van der Waals surface area contributed by atoms with Crippen molar-refractivity contribution >= 4 is 16.9 Å². The van der Waals surface area contributed by atoms with Gasteiger partial charge in [-0.2, -0.15) is 0 Å². The highest BCUT2D eigenvalue weighted by atomic mass is 16.5. The number of aliphatic carboxylic acids is 1. The summed E-state index contributed by atoms with van der Waals surface area (Å²) in [4.78, 5) is 23.1. The number of rotatable bonds is 5. The molecule has 146 valence electrons. The summed E-state index contributed by atoms with van der Waals surface area (Å²) in [5.41, 5.74) is 2.97. The topological polar surface area (TPSA) is 76.7 Å². The molecule has 0 unspecified atom stereocenters. The Bertz CT molecular complexity index is 1070. The molecule has 5 nitrogen and oxygen atoms in total. The standard InChI is InChI=1S/C23H24O5/c1-14-18-10-9-17(11-20(18)28-22(26)19(14)12-21(24)25)27-13-15-5-7-16(8-6-15)23(2,3)4/h5-11H,12-13H2,1-4H3,(H,24,25). The summed E-state index contributed by atoms with van der Waals surface area (Å²) in [6, 6.07) is 13.5. The molecule has 1 N–H and O–H groups in total. The van der Waals surface area contributed by atoms with E-state index in [0.29, 0.717) is 28.9 Å². The highest BCUT2D eigenvalue weighted by Gasteiger charge is 2.15. The third kappa shape index (κ3) is 4.25. The molecule has 0 aliphatic rings. The van der Waals surface area contributed by atoms with Gasteiger partial charge in [0.25, 0.3) is 0 Å². The molecule has 5 heteroatoms. The van der Waals surface area contributed by atoms with Crippen LogP contribution < -0.4 is 10.4 Å². The van der Waals surface area contributed by atoms with Crippen molar-refractivity contribution in [3.05, 3.63) is 75.1 Å². The van der Waals surface area contributed by atoms with Crippen molar-refractivity contribution in [2.24, 2.45) is 0 Å². The molecule has 28 heavy (non-hydrogen) atoms. The van der Waals surface area contributed by atoms with Gasteiger partial charge < -0.3 is 14.3 Å². The second-order valence-electron chi connectivity index (χ2n) is 7.96. The normalized spacial score (nSPS) is 11.6. The maximum Gasteiger partial charge on any atom is 0.340 e. The van der Waals surface area contributed by atoms with E-state index in [4.69, 9.17) is 14.3 Å². The van der Waals surface area contributed by atoms with Crippen LogP contribution in [0.4, 0.5) is 0 Å². The lowest BCUT2D eigenvalue weighted by Crippen LogP contribution is -2.14. The van der Waals surface area contributed by atoms with Gasteiger partial charge in [0.15, 0.2) is 0 Å². The predicted molar refractivity (Wildman–Crippen MR) is 108 cm³/mol. The third-order valence-corrected chi connectivity index (χ3v) is 4.81. The first-order chi connectivity index (χ1) is 13.1. The molecule has 0 radical (unpaired) electrons. The number of aryl methyl sites for hydroxylation is 1. The van der Waals surface area contributed by atoms with Crippen LogP contribution in [0.25, 0.3) is 11.0 Å². The quantitative estimate of drug-likeness (QED) is 0.654. The Labute approximate surface area is 163 Å². The molecular formula is C23H24O5. The average Bonchev–Trinajstić information content (AvgIpc) is 2.62. The molecule has 0 amide bonds. The van der Waals surface area contributed by atoms with Gasteiger partial charge in [-0.05, 0) is 41.2 Å².